The van der Waals surface area contributed by atoms with E-state index in [4.69, 9.17) is 4.74 Å². The Kier molecular flexibility index (Phi) is 3.62. The number of nitrogens with one attached hydrogen (secondary N) is 1. The molecular weight excluding hydrogens is 272 g/mol. The molecule has 1 unspecified atom stereocenters. The number of aromatic nitrogens is 2. The molecule has 3 rings (SSSR count). The van der Waals surface area contributed by atoms with Gasteiger partial charge in [0.1, 0.15) is 5.56 Å². The summed E-state index contributed by atoms with van der Waals surface area (Å²) in [4.78, 5) is 26.2. The average Bonchev–Trinajstić information content (AvgIpc) is 2.97. The molecule has 21 heavy (non-hydrogen) atoms. The van der Waals surface area contributed by atoms with Crippen molar-refractivity contribution >= 4 is 0 Å². The molecule has 1 aliphatic rings. The molecule has 1 saturated heterocycles. The second kappa shape index (κ2) is 5.57. The summed E-state index contributed by atoms with van der Waals surface area (Å²) >= 11 is 0. The largest absolute Gasteiger partial charge is 0.494 e. The third-order valence-corrected chi connectivity index (χ3v) is 3.64. The molecule has 1 aromatic carbocycles. The highest BCUT2D eigenvalue weighted by Gasteiger charge is 2.21. The second-order valence-electron chi connectivity index (χ2n) is 5.07. The Labute approximate surface area is 120 Å². The molecule has 0 amide bonds. The Morgan fingerprint density at radius 2 is 2.05 bits per heavy atom. The summed E-state index contributed by atoms with van der Waals surface area (Å²) in [7, 11) is 0. The highest BCUT2D eigenvalue weighted by molar-refractivity contribution is 5.67. The third kappa shape index (κ3) is 2.62. The van der Waals surface area contributed by atoms with Crippen LogP contribution in [0.2, 0.25) is 0 Å². The number of hydrogen-bond donors (Lipinski definition) is 2. The van der Waals surface area contributed by atoms with Crippen molar-refractivity contribution < 1.29 is 9.84 Å². The summed E-state index contributed by atoms with van der Waals surface area (Å²) in [6, 6.07) is 8.78. The Morgan fingerprint density at radius 3 is 2.71 bits per heavy atom. The molecule has 2 heterocycles. The summed E-state index contributed by atoms with van der Waals surface area (Å²) in [5.74, 6) is -0.314. The lowest BCUT2D eigenvalue weighted by atomic mass is 10.1. The standard InChI is InChI=1S/C15H16N2O4/c18-13-12(10-5-2-1-3-6-10)14(19)17(15(20)16-13)9-11-7-4-8-21-11/h1-3,5-6,11,19H,4,7-9H2,(H,16,18,20). The van der Waals surface area contributed by atoms with Crippen LogP contribution >= 0.6 is 0 Å². The number of H-pyrrole nitrogens is 1. The van der Waals surface area contributed by atoms with E-state index < -0.39 is 11.2 Å². The van der Waals surface area contributed by atoms with Crippen molar-refractivity contribution in [2.75, 3.05) is 6.61 Å². The molecule has 0 bridgehead atoms. The summed E-state index contributed by atoms with van der Waals surface area (Å²) in [6.07, 6.45) is 1.67. The normalized spacial score (nSPS) is 18.0. The molecule has 0 aliphatic carbocycles. The molecule has 6 nitrogen and oxygen atoms in total. The van der Waals surface area contributed by atoms with Crippen LogP contribution in [0.4, 0.5) is 0 Å². The molecule has 0 spiro atoms. The van der Waals surface area contributed by atoms with Crippen LogP contribution in [-0.4, -0.2) is 27.4 Å². The first-order valence-electron chi connectivity index (χ1n) is 6.90. The number of benzene rings is 1. The molecule has 110 valence electrons. The summed E-state index contributed by atoms with van der Waals surface area (Å²) in [6.45, 7) is 0.899. The van der Waals surface area contributed by atoms with E-state index in [-0.39, 0.29) is 24.1 Å². The minimum atomic E-state index is -0.618. The maximum atomic E-state index is 12.0. The number of rotatable bonds is 3. The van der Waals surface area contributed by atoms with Crippen molar-refractivity contribution in [3.05, 3.63) is 51.2 Å². The Hall–Kier alpha value is -2.34. The van der Waals surface area contributed by atoms with Gasteiger partial charge in [-0.25, -0.2) is 4.79 Å². The van der Waals surface area contributed by atoms with Gasteiger partial charge in [0.05, 0.1) is 12.6 Å². The van der Waals surface area contributed by atoms with Crippen LogP contribution in [0.5, 0.6) is 5.88 Å². The number of hydrogen-bond acceptors (Lipinski definition) is 4. The number of ether oxygens (including phenoxy) is 1. The lowest BCUT2D eigenvalue weighted by Crippen LogP contribution is -2.33. The van der Waals surface area contributed by atoms with Gasteiger partial charge in [-0.2, -0.15) is 0 Å². The minimum Gasteiger partial charge on any atom is -0.494 e. The van der Waals surface area contributed by atoms with Crippen molar-refractivity contribution in [1.29, 1.82) is 0 Å². The minimum absolute atomic E-state index is 0.105. The quantitative estimate of drug-likeness (QED) is 0.885. The first-order valence-corrected chi connectivity index (χ1v) is 6.90. The first kappa shape index (κ1) is 13.6. The van der Waals surface area contributed by atoms with Gasteiger partial charge in [-0.05, 0) is 18.4 Å². The van der Waals surface area contributed by atoms with Gasteiger partial charge in [-0.1, -0.05) is 30.3 Å². The number of aromatic amines is 1. The zero-order valence-electron chi connectivity index (χ0n) is 11.4. The molecule has 0 saturated carbocycles. The maximum Gasteiger partial charge on any atom is 0.331 e. The molecule has 2 aromatic rings. The van der Waals surface area contributed by atoms with Crippen molar-refractivity contribution in [3.63, 3.8) is 0 Å². The van der Waals surface area contributed by atoms with Crippen molar-refractivity contribution in [1.82, 2.24) is 9.55 Å². The molecule has 1 atom stereocenters. The van der Waals surface area contributed by atoms with Gasteiger partial charge >= 0.3 is 5.69 Å². The third-order valence-electron chi connectivity index (χ3n) is 3.64. The van der Waals surface area contributed by atoms with Crippen molar-refractivity contribution in [2.45, 2.75) is 25.5 Å². The van der Waals surface area contributed by atoms with Gasteiger partial charge in [0.25, 0.3) is 5.56 Å². The second-order valence-corrected chi connectivity index (χ2v) is 5.07. The van der Waals surface area contributed by atoms with E-state index in [1.807, 2.05) is 6.07 Å². The van der Waals surface area contributed by atoms with Crippen molar-refractivity contribution in [3.8, 4) is 17.0 Å². The molecule has 2 N–H and O–H groups in total. The zero-order valence-corrected chi connectivity index (χ0v) is 11.4. The van der Waals surface area contributed by atoms with Crippen LogP contribution < -0.4 is 11.2 Å². The predicted molar refractivity (Wildman–Crippen MR) is 77.4 cm³/mol. The number of nitrogens with zero attached hydrogens (tertiary/aromatic N) is 1. The SMILES string of the molecule is O=c1[nH]c(=O)n(CC2CCCO2)c(O)c1-c1ccccc1. The van der Waals surface area contributed by atoms with E-state index in [1.165, 1.54) is 4.57 Å². The summed E-state index contributed by atoms with van der Waals surface area (Å²) in [5, 5.41) is 10.4. The van der Waals surface area contributed by atoms with Gasteiger partial charge in [0.2, 0.25) is 5.88 Å². The zero-order chi connectivity index (χ0) is 14.8. The molecular formula is C15H16N2O4. The average molecular weight is 288 g/mol. The van der Waals surface area contributed by atoms with E-state index >= 15 is 0 Å². The highest BCUT2D eigenvalue weighted by atomic mass is 16.5. The molecule has 0 radical (unpaired) electrons. The van der Waals surface area contributed by atoms with Crippen LogP contribution in [0.3, 0.4) is 0 Å². The van der Waals surface area contributed by atoms with E-state index in [9.17, 15) is 14.7 Å². The van der Waals surface area contributed by atoms with Crippen LogP contribution in [0.15, 0.2) is 39.9 Å². The summed E-state index contributed by atoms with van der Waals surface area (Å²) < 4.78 is 6.65. The van der Waals surface area contributed by atoms with Crippen LogP contribution in [-0.2, 0) is 11.3 Å². The van der Waals surface area contributed by atoms with Gasteiger partial charge in [0.15, 0.2) is 0 Å². The fraction of sp³-hybridized carbons (Fsp3) is 0.333. The monoisotopic (exact) mass is 288 g/mol. The lowest BCUT2D eigenvalue weighted by Gasteiger charge is -2.15. The first-order chi connectivity index (χ1) is 10.2. The van der Waals surface area contributed by atoms with Gasteiger partial charge < -0.3 is 9.84 Å². The van der Waals surface area contributed by atoms with E-state index in [0.29, 0.717) is 12.2 Å². The Balaban J connectivity index is 2.09. The molecule has 6 heteroatoms. The summed E-state index contributed by atoms with van der Waals surface area (Å²) in [5.41, 5.74) is -0.537. The Bertz CT molecular complexity index is 743. The molecule has 1 aliphatic heterocycles. The van der Waals surface area contributed by atoms with Crippen LogP contribution in [0.1, 0.15) is 12.8 Å². The van der Waals surface area contributed by atoms with Gasteiger partial charge in [-0.15, -0.1) is 0 Å². The van der Waals surface area contributed by atoms with E-state index in [2.05, 4.69) is 4.98 Å². The van der Waals surface area contributed by atoms with Gasteiger partial charge in [0, 0.05) is 6.61 Å². The lowest BCUT2D eigenvalue weighted by molar-refractivity contribution is 0.0935. The van der Waals surface area contributed by atoms with E-state index in [1.54, 1.807) is 24.3 Å². The fourth-order valence-corrected chi connectivity index (χ4v) is 2.59. The smallest absolute Gasteiger partial charge is 0.331 e. The fourth-order valence-electron chi connectivity index (χ4n) is 2.59. The van der Waals surface area contributed by atoms with Crippen molar-refractivity contribution in [2.24, 2.45) is 0 Å². The van der Waals surface area contributed by atoms with E-state index in [0.717, 1.165) is 12.8 Å². The predicted octanol–water partition coefficient (Wildman–Crippen LogP) is 1.09. The highest BCUT2D eigenvalue weighted by Crippen LogP contribution is 2.24. The molecule has 1 fully saturated rings. The van der Waals surface area contributed by atoms with Crippen LogP contribution in [0.25, 0.3) is 11.1 Å². The van der Waals surface area contributed by atoms with Gasteiger partial charge in [-0.3, -0.25) is 14.3 Å². The Morgan fingerprint density at radius 1 is 1.29 bits per heavy atom. The van der Waals surface area contributed by atoms with Crippen LogP contribution in [0, 0.1) is 0 Å². The maximum absolute atomic E-state index is 12.0. The molecule has 1 aromatic heterocycles. The topological polar surface area (TPSA) is 84.3 Å². The number of aromatic hydroxyl groups is 1.